The van der Waals surface area contributed by atoms with Crippen LogP contribution in [0.4, 0.5) is 22.0 Å². The van der Waals surface area contributed by atoms with Crippen LogP contribution in [0.15, 0.2) is 12.1 Å². The number of rotatable bonds is 4. The second-order valence-corrected chi connectivity index (χ2v) is 6.22. The van der Waals surface area contributed by atoms with Crippen molar-refractivity contribution >= 4 is 0 Å². The predicted molar refractivity (Wildman–Crippen MR) is 75.6 cm³/mol. The third kappa shape index (κ3) is 3.99. The smallest absolute Gasteiger partial charge is 0.206 e. The topological polar surface area (TPSA) is 0 Å². The fourth-order valence-corrected chi connectivity index (χ4v) is 3.38. The van der Waals surface area contributed by atoms with Gasteiger partial charge >= 0.3 is 6.18 Å². The molecule has 1 aliphatic carbocycles. The first kappa shape index (κ1) is 17.2. The molecule has 0 nitrogen and oxygen atoms in total. The van der Waals surface area contributed by atoms with Gasteiger partial charge in [-0.25, -0.2) is 8.78 Å². The van der Waals surface area contributed by atoms with E-state index in [9.17, 15) is 22.0 Å². The van der Waals surface area contributed by atoms with Crippen molar-refractivity contribution in [2.45, 2.75) is 64.0 Å². The van der Waals surface area contributed by atoms with Crippen molar-refractivity contribution in [1.82, 2.24) is 0 Å². The van der Waals surface area contributed by atoms with Gasteiger partial charge in [-0.2, -0.15) is 13.2 Å². The van der Waals surface area contributed by atoms with Crippen molar-refractivity contribution in [2.75, 3.05) is 0 Å². The van der Waals surface area contributed by atoms with Gasteiger partial charge in [0.2, 0.25) is 0 Å². The quantitative estimate of drug-likeness (QED) is 0.559. The highest BCUT2D eigenvalue weighted by atomic mass is 19.4. The lowest BCUT2D eigenvalue weighted by atomic mass is 9.77. The molecular formula is C17H21F5. The molecule has 1 aliphatic rings. The van der Waals surface area contributed by atoms with Gasteiger partial charge in [0.1, 0.15) is 17.2 Å². The molecule has 1 saturated carbocycles. The maximum absolute atomic E-state index is 13.6. The van der Waals surface area contributed by atoms with Crippen LogP contribution in [-0.2, 0) is 6.18 Å². The number of alkyl halides is 3. The molecule has 0 saturated heterocycles. The molecule has 1 fully saturated rings. The summed E-state index contributed by atoms with van der Waals surface area (Å²) in [4.78, 5) is 0. The van der Waals surface area contributed by atoms with Gasteiger partial charge in [0.25, 0.3) is 0 Å². The van der Waals surface area contributed by atoms with E-state index in [1.165, 1.54) is 12.8 Å². The first-order valence-electron chi connectivity index (χ1n) is 7.89. The molecule has 0 amide bonds. The third-order valence-electron chi connectivity index (χ3n) is 4.63. The first-order valence-corrected chi connectivity index (χ1v) is 7.89. The average molecular weight is 320 g/mol. The average Bonchev–Trinajstić information content (AvgIpc) is 2.43. The Labute approximate surface area is 127 Å². The number of hydrogen-bond donors (Lipinski definition) is 0. The molecule has 1 aromatic rings. The Morgan fingerprint density at radius 3 is 2.00 bits per heavy atom. The molecule has 2 rings (SSSR count). The molecule has 0 N–H and O–H groups in total. The Kier molecular flexibility index (Phi) is 5.45. The van der Waals surface area contributed by atoms with Crippen LogP contribution in [0.2, 0.25) is 0 Å². The van der Waals surface area contributed by atoms with Crippen LogP contribution in [0.5, 0.6) is 0 Å². The van der Waals surface area contributed by atoms with E-state index in [1.54, 1.807) is 0 Å². The van der Waals surface area contributed by atoms with Crippen LogP contribution < -0.4 is 0 Å². The Bertz CT molecular complexity index is 475. The van der Waals surface area contributed by atoms with E-state index in [0.29, 0.717) is 11.5 Å². The van der Waals surface area contributed by atoms with Gasteiger partial charge in [-0.05, 0) is 55.2 Å². The molecule has 0 bridgehead atoms. The van der Waals surface area contributed by atoms with Crippen molar-refractivity contribution in [2.24, 2.45) is 5.92 Å². The summed E-state index contributed by atoms with van der Waals surface area (Å²) in [5, 5.41) is 0. The SMILES string of the molecule is CCCCC1CCC(c2cc(F)c(C(F)(F)F)c(F)c2)CC1. The fraction of sp³-hybridized carbons (Fsp3) is 0.647. The molecule has 5 heteroatoms. The minimum Gasteiger partial charge on any atom is -0.206 e. The van der Waals surface area contributed by atoms with Crippen LogP contribution in [0.1, 0.15) is 68.9 Å². The zero-order chi connectivity index (χ0) is 16.3. The van der Waals surface area contributed by atoms with Crippen molar-refractivity contribution in [3.63, 3.8) is 0 Å². The molecule has 0 aliphatic heterocycles. The monoisotopic (exact) mass is 320 g/mol. The maximum Gasteiger partial charge on any atom is 0.422 e. The molecule has 124 valence electrons. The highest BCUT2D eigenvalue weighted by Crippen LogP contribution is 2.40. The van der Waals surface area contributed by atoms with E-state index < -0.39 is 23.4 Å². The summed E-state index contributed by atoms with van der Waals surface area (Å²) in [5.74, 6) is -2.41. The van der Waals surface area contributed by atoms with Crippen molar-refractivity contribution in [3.8, 4) is 0 Å². The van der Waals surface area contributed by atoms with Crippen LogP contribution in [-0.4, -0.2) is 0 Å². The largest absolute Gasteiger partial charge is 0.422 e. The molecule has 1 aromatic carbocycles. The van der Waals surface area contributed by atoms with Crippen molar-refractivity contribution in [1.29, 1.82) is 0 Å². The summed E-state index contributed by atoms with van der Waals surface area (Å²) >= 11 is 0. The van der Waals surface area contributed by atoms with Crippen LogP contribution in [0, 0.1) is 17.6 Å². The summed E-state index contributed by atoms with van der Waals surface area (Å²) in [6.45, 7) is 2.14. The van der Waals surface area contributed by atoms with Gasteiger partial charge in [-0.3, -0.25) is 0 Å². The molecule has 0 aromatic heterocycles. The van der Waals surface area contributed by atoms with E-state index in [4.69, 9.17) is 0 Å². The van der Waals surface area contributed by atoms with Gasteiger partial charge in [-0.15, -0.1) is 0 Å². The van der Waals surface area contributed by atoms with E-state index in [0.717, 1.165) is 44.2 Å². The highest BCUT2D eigenvalue weighted by molar-refractivity contribution is 5.30. The summed E-state index contributed by atoms with van der Waals surface area (Å²) < 4.78 is 65.0. The second kappa shape index (κ2) is 6.97. The van der Waals surface area contributed by atoms with E-state index in [2.05, 4.69) is 6.92 Å². The van der Waals surface area contributed by atoms with Crippen LogP contribution >= 0.6 is 0 Å². The van der Waals surface area contributed by atoms with Gasteiger partial charge in [0.05, 0.1) is 0 Å². The summed E-state index contributed by atoms with van der Waals surface area (Å²) in [6.07, 6.45) is 2.04. The molecular weight excluding hydrogens is 299 g/mol. The third-order valence-corrected chi connectivity index (χ3v) is 4.63. The number of hydrogen-bond acceptors (Lipinski definition) is 0. The second-order valence-electron chi connectivity index (χ2n) is 6.22. The Balaban J connectivity index is 2.09. The standard InChI is InChI=1S/C17H21F5/c1-2-3-4-11-5-7-12(8-6-11)13-9-14(18)16(15(19)10-13)17(20,21)22/h9-12H,2-8H2,1H3. The molecule has 0 atom stereocenters. The van der Waals surface area contributed by atoms with Gasteiger partial charge in [0, 0.05) is 0 Å². The Morgan fingerprint density at radius 2 is 1.55 bits per heavy atom. The lowest BCUT2D eigenvalue weighted by molar-refractivity contribution is -0.142. The zero-order valence-corrected chi connectivity index (χ0v) is 12.6. The van der Waals surface area contributed by atoms with E-state index in [1.807, 2.05) is 0 Å². The lowest BCUT2D eigenvalue weighted by Crippen LogP contribution is -2.16. The lowest BCUT2D eigenvalue weighted by Gasteiger charge is -2.29. The molecule has 0 spiro atoms. The minimum atomic E-state index is -5.00. The van der Waals surface area contributed by atoms with Crippen LogP contribution in [0.3, 0.4) is 0 Å². The normalized spacial score (nSPS) is 22.8. The van der Waals surface area contributed by atoms with Gasteiger partial charge in [-0.1, -0.05) is 26.2 Å². The van der Waals surface area contributed by atoms with E-state index >= 15 is 0 Å². The Morgan fingerprint density at radius 1 is 1.00 bits per heavy atom. The molecule has 0 heterocycles. The van der Waals surface area contributed by atoms with Gasteiger partial charge in [0.15, 0.2) is 0 Å². The van der Waals surface area contributed by atoms with E-state index in [-0.39, 0.29) is 5.92 Å². The van der Waals surface area contributed by atoms with Crippen molar-refractivity contribution in [3.05, 3.63) is 34.9 Å². The number of unbranched alkanes of at least 4 members (excludes halogenated alkanes) is 1. The van der Waals surface area contributed by atoms with Crippen LogP contribution in [0.25, 0.3) is 0 Å². The predicted octanol–water partition coefficient (Wildman–Crippen LogP) is 6.45. The molecule has 0 radical (unpaired) electrons. The summed E-state index contributed by atoms with van der Waals surface area (Å²) in [7, 11) is 0. The first-order chi connectivity index (χ1) is 10.3. The van der Waals surface area contributed by atoms with Crippen molar-refractivity contribution < 1.29 is 22.0 Å². The number of benzene rings is 1. The molecule has 0 unspecified atom stereocenters. The highest BCUT2D eigenvalue weighted by Gasteiger charge is 2.38. The Hall–Kier alpha value is -1.13. The fourth-order valence-electron chi connectivity index (χ4n) is 3.38. The summed E-state index contributed by atoms with van der Waals surface area (Å²) in [5.41, 5.74) is -1.43. The zero-order valence-electron chi connectivity index (χ0n) is 12.6. The van der Waals surface area contributed by atoms with Gasteiger partial charge < -0.3 is 0 Å². The minimum absolute atomic E-state index is 0.0378. The summed E-state index contributed by atoms with van der Waals surface area (Å²) in [6, 6.07) is 1.73. The maximum atomic E-state index is 13.6. The molecule has 22 heavy (non-hydrogen) atoms. The number of halogens is 5.